The summed E-state index contributed by atoms with van der Waals surface area (Å²) < 4.78 is 14.4. The van der Waals surface area contributed by atoms with Crippen molar-refractivity contribution in [2.24, 2.45) is 5.10 Å². The molecule has 3 rings (SSSR count). The van der Waals surface area contributed by atoms with Crippen LogP contribution in [0.15, 0.2) is 47.8 Å². The minimum Gasteiger partial charge on any atom is -0.260 e. The molecule has 0 unspecified atom stereocenters. The van der Waals surface area contributed by atoms with Crippen LogP contribution >= 0.6 is 0 Å². The summed E-state index contributed by atoms with van der Waals surface area (Å²) in [6.45, 7) is 1.83. The molecule has 1 aromatic carbocycles. The van der Waals surface area contributed by atoms with Crippen molar-refractivity contribution in [1.82, 2.24) is 19.8 Å². The normalized spacial score (nSPS) is 11.8. The Labute approximate surface area is 114 Å². The molecule has 0 saturated carbocycles. The molecule has 2 aromatic heterocycles. The standard InChI is InChI=1S/C13H11FN6/c1-9(10-2-4-11(14)5-3-10)16-17-12-6-7-13-18-15-8-20(13)19-12/h2-8H,1H3,(H,17,19)/b16-9+. The van der Waals surface area contributed by atoms with Crippen molar-refractivity contribution in [3.63, 3.8) is 0 Å². The summed E-state index contributed by atoms with van der Waals surface area (Å²) >= 11 is 0. The first-order valence-corrected chi connectivity index (χ1v) is 5.96. The Bertz CT molecular complexity index is 762. The summed E-state index contributed by atoms with van der Waals surface area (Å²) in [7, 11) is 0. The number of hydrogen-bond acceptors (Lipinski definition) is 5. The third-order valence-corrected chi connectivity index (χ3v) is 2.76. The van der Waals surface area contributed by atoms with Crippen molar-refractivity contribution in [3.8, 4) is 0 Å². The van der Waals surface area contributed by atoms with Crippen LogP contribution in [0.3, 0.4) is 0 Å². The van der Waals surface area contributed by atoms with Crippen LogP contribution in [-0.4, -0.2) is 25.5 Å². The van der Waals surface area contributed by atoms with Gasteiger partial charge in [0.25, 0.3) is 0 Å². The van der Waals surface area contributed by atoms with Crippen LogP contribution < -0.4 is 5.43 Å². The Morgan fingerprint density at radius 1 is 1.20 bits per heavy atom. The van der Waals surface area contributed by atoms with Crippen molar-refractivity contribution in [3.05, 3.63) is 54.1 Å². The molecule has 6 nitrogen and oxygen atoms in total. The van der Waals surface area contributed by atoms with Crippen LogP contribution in [0.25, 0.3) is 5.65 Å². The molecule has 0 fully saturated rings. The fourth-order valence-electron chi connectivity index (χ4n) is 1.68. The van der Waals surface area contributed by atoms with E-state index in [4.69, 9.17) is 0 Å². The molecule has 0 aliphatic rings. The molecular weight excluding hydrogens is 259 g/mol. The number of nitrogens with one attached hydrogen (secondary N) is 1. The highest BCUT2D eigenvalue weighted by atomic mass is 19.1. The highest BCUT2D eigenvalue weighted by Crippen LogP contribution is 2.07. The molecule has 2 heterocycles. The average molecular weight is 270 g/mol. The van der Waals surface area contributed by atoms with Crippen molar-refractivity contribution in [1.29, 1.82) is 0 Å². The fraction of sp³-hybridized carbons (Fsp3) is 0.0769. The van der Waals surface area contributed by atoms with Crippen LogP contribution in [0, 0.1) is 5.82 Å². The van der Waals surface area contributed by atoms with E-state index in [1.807, 2.05) is 6.92 Å². The molecule has 1 N–H and O–H groups in total. The predicted molar refractivity (Wildman–Crippen MR) is 73.0 cm³/mol. The lowest BCUT2D eigenvalue weighted by Crippen LogP contribution is -2.02. The Hall–Kier alpha value is -2.83. The molecule has 0 saturated heterocycles. The second-order valence-electron chi connectivity index (χ2n) is 4.17. The zero-order valence-corrected chi connectivity index (χ0v) is 10.7. The maximum absolute atomic E-state index is 12.8. The second kappa shape index (κ2) is 5.04. The molecule has 0 amide bonds. The molecule has 0 aliphatic carbocycles. The van der Waals surface area contributed by atoms with Gasteiger partial charge in [-0.05, 0) is 36.8 Å². The van der Waals surface area contributed by atoms with E-state index in [-0.39, 0.29) is 5.82 Å². The Morgan fingerprint density at radius 3 is 2.80 bits per heavy atom. The SMILES string of the molecule is C/C(=N\Nc1ccc2nncn2n1)c1ccc(F)cc1. The molecule has 3 aromatic rings. The number of hydrogen-bond donors (Lipinski definition) is 1. The predicted octanol–water partition coefficient (Wildman–Crippen LogP) is 2.10. The number of rotatable bonds is 3. The Balaban J connectivity index is 1.80. The fourth-order valence-corrected chi connectivity index (χ4v) is 1.68. The zero-order chi connectivity index (χ0) is 13.9. The first kappa shape index (κ1) is 12.2. The van der Waals surface area contributed by atoms with E-state index < -0.39 is 0 Å². The van der Waals surface area contributed by atoms with E-state index in [9.17, 15) is 4.39 Å². The lowest BCUT2D eigenvalue weighted by molar-refractivity contribution is 0.628. The largest absolute Gasteiger partial charge is 0.260 e. The summed E-state index contributed by atoms with van der Waals surface area (Å²) in [5.41, 5.74) is 5.08. The second-order valence-corrected chi connectivity index (χ2v) is 4.17. The minimum atomic E-state index is -0.269. The van der Waals surface area contributed by atoms with Gasteiger partial charge in [-0.3, -0.25) is 5.43 Å². The van der Waals surface area contributed by atoms with Gasteiger partial charge in [0.1, 0.15) is 12.1 Å². The van der Waals surface area contributed by atoms with Crippen LogP contribution in [-0.2, 0) is 0 Å². The molecule has 20 heavy (non-hydrogen) atoms. The van der Waals surface area contributed by atoms with Gasteiger partial charge in [0, 0.05) is 0 Å². The topological polar surface area (TPSA) is 67.5 Å². The maximum atomic E-state index is 12.8. The quantitative estimate of drug-likeness (QED) is 0.584. The van der Waals surface area contributed by atoms with Gasteiger partial charge in [0.15, 0.2) is 11.5 Å². The molecule has 0 spiro atoms. The van der Waals surface area contributed by atoms with Crippen molar-refractivity contribution < 1.29 is 4.39 Å². The number of benzene rings is 1. The van der Waals surface area contributed by atoms with Gasteiger partial charge < -0.3 is 0 Å². The zero-order valence-electron chi connectivity index (χ0n) is 10.7. The average Bonchev–Trinajstić information content (AvgIpc) is 2.93. The Kier molecular flexibility index (Phi) is 3.08. The smallest absolute Gasteiger partial charge is 0.177 e. The number of hydrazone groups is 1. The van der Waals surface area contributed by atoms with Crippen LogP contribution in [0.4, 0.5) is 10.2 Å². The van der Waals surface area contributed by atoms with Gasteiger partial charge in [-0.2, -0.15) is 9.62 Å². The van der Waals surface area contributed by atoms with Gasteiger partial charge in [-0.25, -0.2) is 4.39 Å². The molecule has 0 radical (unpaired) electrons. The van der Waals surface area contributed by atoms with Crippen molar-refractivity contribution in [2.75, 3.05) is 5.43 Å². The van der Waals surface area contributed by atoms with Gasteiger partial charge >= 0.3 is 0 Å². The first-order chi connectivity index (χ1) is 9.72. The molecule has 0 aliphatic heterocycles. The number of fused-ring (bicyclic) bond motifs is 1. The van der Waals surface area contributed by atoms with E-state index in [0.717, 1.165) is 11.3 Å². The molecular formula is C13H11FN6. The summed E-state index contributed by atoms with van der Waals surface area (Å²) in [4.78, 5) is 0. The number of anilines is 1. The lowest BCUT2D eigenvalue weighted by Gasteiger charge is -2.03. The molecule has 0 atom stereocenters. The summed E-state index contributed by atoms with van der Waals surface area (Å²) in [5, 5.41) is 16.0. The minimum absolute atomic E-state index is 0.269. The van der Waals surface area contributed by atoms with Crippen LogP contribution in [0.1, 0.15) is 12.5 Å². The van der Waals surface area contributed by atoms with Gasteiger partial charge in [0.05, 0.1) is 5.71 Å². The number of aromatic nitrogens is 4. The molecule has 7 heteroatoms. The van der Waals surface area contributed by atoms with E-state index in [2.05, 4.69) is 25.8 Å². The maximum Gasteiger partial charge on any atom is 0.177 e. The van der Waals surface area contributed by atoms with E-state index in [1.54, 1.807) is 28.8 Å². The van der Waals surface area contributed by atoms with Crippen LogP contribution in [0.5, 0.6) is 0 Å². The van der Waals surface area contributed by atoms with E-state index in [0.29, 0.717) is 11.5 Å². The summed E-state index contributed by atoms with van der Waals surface area (Å²) in [6, 6.07) is 9.68. The van der Waals surface area contributed by atoms with E-state index >= 15 is 0 Å². The van der Waals surface area contributed by atoms with Crippen LogP contribution in [0.2, 0.25) is 0 Å². The monoisotopic (exact) mass is 270 g/mol. The van der Waals surface area contributed by atoms with Crippen molar-refractivity contribution >= 4 is 17.2 Å². The Morgan fingerprint density at radius 2 is 2.00 bits per heavy atom. The first-order valence-electron chi connectivity index (χ1n) is 5.96. The van der Waals surface area contributed by atoms with E-state index in [1.165, 1.54) is 18.5 Å². The molecule has 0 bridgehead atoms. The van der Waals surface area contributed by atoms with Gasteiger partial charge in [0.2, 0.25) is 0 Å². The number of halogens is 1. The molecule has 100 valence electrons. The summed E-state index contributed by atoms with van der Waals surface area (Å²) in [5.74, 6) is 0.299. The third-order valence-electron chi connectivity index (χ3n) is 2.76. The number of nitrogens with zero attached hydrogens (tertiary/aromatic N) is 5. The lowest BCUT2D eigenvalue weighted by atomic mass is 10.1. The van der Waals surface area contributed by atoms with Crippen molar-refractivity contribution in [2.45, 2.75) is 6.92 Å². The third kappa shape index (κ3) is 2.46. The highest BCUT2D eigenvalue weighted by molar-refractivity contribution is 5.98. The summed E-state index contributed by atoms with van der Waals surface area (Å²) in [6.07, 6.45) is 1.51. The highest BCUT2D eigenvalue weighted by Gasteiger charge is 2.00. The van der Waals surface area contributed by atoms with Gasteiger partial charge in [-0.15, -0.1) is 15.3 Å². The van der Waals surface area contributed by atoms with Gasteiger partial charge in [-0.1, -0.05) is 12.1 Å².